The summed E-state index contributed by atoms with van der Waals surface area (Å²) in [6, 6.07) is 4.56. The molecule has 0 radical (unpaired) electrons. The van der Waals surface area contributed by atoms with Crippen molar-refractivity contribution in [2.24, 2.45) is 17.8 Å². The van der Waals surface area contributed by atoms with Gasteiger partial charge >= 0.3 is 0 Å². The van der Waals surface area contributed by atoms with Crippen LogP contribution in [0, 0.1) is 17.8 Å². The van der Waals surface area contributed by atoms with Crippen molar-refractivity contribution in [3.8, 4) is 5.75 Å². The lowest BCUT2D eigenvalue weighted by Gasteiger charge is -2.16. The Labute approximate surface area is 125 Å². The third-order valence-electron chi connectivity index (χ3n) is 4.48. The highest BCUT2D eigenvalue weighted by atomic mass is 32.2. The zero-order chi connectivity index (χ0) is 15.0. The van der Waals surface area contributed by atoms with E-state index in [0.29, 0.717) is 23.9 Å². The van der Waals surface area contributed by atoms with Crippen molar-refractivity contribution in [2.45, 2.75) is 30.6 Å². The Morgan fingerprint density at radius 2 is 1.90 bits per heavy atom. The maximum absolute atomic E-state index is 12.4. The molecule has 3 rings (SSSR count). The van der Waals surface area contributed by atoms with Crippen LogP contribution in [-0.4, -0.2) is 22.1 Å². The fourth-order valence-corrected chi connectivity index (χ4v) is 4.04. The van der Waals surface area contributed by atoms with Crippen molar-refractivity contribution in [1.29, 1.82) is 0 Å². The Kier molecular flexibility index (Phi) is 3.84. The average Bonchev–Trinajstić information content (AvgIpc) is 3.32. The van der Waals surface area contributed by atoms with E-state index in [0.717, 1.165) is 11.8 Å². The van der Waals surface area contributed by atoms with Crippen LogP contribution < -0.4 is 15.2 Å². The van der Waals surface area contributed by atoms with Crippen LogP contribution in [0.3, 0.4) is 0 Å². The van der Waals surface area contributed by atoms with E-state index in [1.807, 2.05) is 0 Å². The van der Waals surface area contributed by atoms with E-state index in [1.165, 1.54) is 44.9 Å². The lowest BCUT2D eigenvalue weighted by Crippen LogP contribution is -2.31. The van der Waals surface area contributed by atoms with Crippen molar-refractivity contribution in [3.63, 3.8) is 0 Å². The highest BCUT2D eigenvalue weighted by Crippen LogP contribution is 2.48. The van der Waals surface area contributed by atoms with Gasteiger partial charge in [-0.2, -0.15) is 0 Å². The van der Waals surface area contributed by atoms with E-state index in [1.54, 1.807) is 6.07 Å². The zero-order valence-electron chi connectivity index (χ0n) is 12.2. The van der Waals surface area contributed by atoms with Gasteiger partial charge in [-0.05, 0) is 61.6 Å². The lowest BCUT2D eigenvalue weighted by molar-refractivity contribution is 0.401. The average molecular weight is 310 g/mol. The maximum Gasteiger partial charge on any atom is 0.240 e. The van der Waals surface area contributed by atoms with E-state index in [-0.39, 0.29) is 4.90 Å². The number of nitrogen functional groups attached to an aromatic ring is 1. The number of anilines is 1. The van der Waals surface area contributed by atoms with Crippen LogP contribution >= 0.6 is 0 Å². The molecule has 0 aliphatic heterocycles. The van der Waals surface area contributed by atoms with E-state index >= 15 is 0 Å². The number of nitrogens with one attached hydrogen (secondary N) is 1. The molecule has 0 bridgehead atoms. The lowest BCUT2D eigenvalue weighted by atomic mass is 9.99. The molecule has 2 aliphatic carbocycles. The number of rotatable bonds is 7. The fourth-order valence-electron chi connectivity index (χ4n) is 2.94. The predicted octanol–water partition coefficient (Wildman–Crippen LogP) is 1.99. The van der Waals surface area contributed by atoms with Crippen LogP contribution in [0.4, 0.5) is 5.69 Å². The summed E-state index contributed by atoms with van der Waals surface area (Å²) in [5.41, 5.74) is 6.12. The topological polar surface area (TPSA) is 81.4 Å². The van der Waals surface area contributed by atoms with Crippen LogP contribution in [0.25, 0.3) is 0 Å². The Morgan fingerprint density at radius 1 is 1.29 bits per heavy atom. The molecule has 3 N–H and O–H groups in total. The maximum atomic E-state index is 12.4. The number of ether oxygens (including phenoxy) is 1. The summed E-state index contributed by atoms with van der Waals surface area (Å²) in [5.74, 6) is 2.44. The summed E-state index contributed by atoms with van der Waals surface area (Å²) in [6.07, 6.45) is 4.99. The van der Waals surface area contributed by atoms with E-state index in [2.05, 4.69) is 4.72 Å². The molecule has 0 aromatic heterocycles. The summed E-state index contributed by atoms with van der Waals surface area (Å²) in [7, 11) is -1.99. The molecule has 0 amide bonds. The standard InChI is InChI=1S/C15H22N2O3S/c1-20-15-7-6-12(8-14(15)16)21(18,19)17-9-13(10-2-3-10)11-4-5-11/h6-8,10-11,13,17H,2-5,9,16H2,1H3. The van der Waals surface area contributed by atoms with Gasteiger partial charge in [-0.25, -0.2) is 13.1 Å². The Hall–Kier alpha value is -1.27. The van der Waals surface area contributed by atoms with Crippen LogP contribution in [0.2, 0.25) is 0 Å². The molecule has 0 heterocycles. The van der Waals surface area contributed by atoms with Crippen molar-refractivity contribution in [1.82, 2.24) is 4.72 Å². The van der Waals surface area contributed by atoms with Crippen molar-refractivity contribution in [3.05, 3.63) is 18.2 Å². The molecular formula is C15H22N2O3S. The molecule has 0 unspecified atom stereocenters. The van der Waals surface area contributed by atoms with Gasteiger partial charge in [-0.1, -0.05) is 0 Å². The smallest absolute Gasteiger partial charge is 0.240 e. The summed E-state index contributed by atoms with van der Waals surface area (Å²) in [4.78, 5) is 0.200. The van der Waals surface area contributed by atoms with Crippen LogP contribution in [0.5, 0.6) is 5.75 Å². The van der Waals surface area contributed by atoms with Crippen molar-refractivity contribution in [2.75, 3.05) is 19.4 Å². The van der Waals surface area contributed by atoms with Crippen LogP contribution in [-0.2, 0) is 10.0 Å². The van der Waals surface area contributed by atoms with Gasteiger partial charge in [0.05, 0.1) is 17.7 Å². The van der Waals surface area contributed by atoms with Gasteiger partial charge in [-0.3, -0.25) is 0 Å². The summed E-state index contributed by atoms with van der Waals surface area (Å²) >= 11 is 0. The van der Waals surface area contributed by atoms with Gasteiger partial charge in [-0.15, -0.1) is 0 Å². The second kappa shape index (κ2) is 5.50. The molecule has 0 atom stereocenters. The number of hydrogen-bond acceptors (Lipinski definition) is 4. The molecule has 6 heteroatoms. The summed E-state index contributed by atoms with van der Waals surface area (Å²) in [5, 5.41) is 0. The summed E-state index contributed by atoms with van der Waals surface area (Å²) < 4.78 is 32.5. The first-order valence-electron chi connectivity index (χ1n) is 7.44. The largest absolute Gasteiger partial charge is 0.495 e. The van der Waals surface area contributed by atoms with Gasteiger partial charge in [0.2, 0.25) is 10.0 Å². The molecule has 116 valence electrons. The SMILES string of the molecule is COc1ccc(S(=O)(=O)NCC(C2CC2)C2CC2)cc1N. The summed E-state index contributed by atoms with van der Waals surface area (Å²) in [6.45, 7) is 0.545. The number of hydrogen-bond donors (Lipinski definition) is 2. The number of benzene rings is 1. The van der Waals surface area contributed by atoms with E-state index < -0.39 is 10.0 Å². The molecule has 2 aliphatic rings. The van der Waals surface area contributed by atoms with E-state index in [9.17, 15) is 8.42 Å². The monoisotopic (exact) mass is 310 g/mol. The zero-order valence-corrected chi connectivity index (χ0v) is 13.0. The third-order valence-corrected chi connectivity index (χ3v) is 5.90. The molecule has 1 aromatic carbocycles. The molecule has 2 saturated carbocycles. The highest BCUT2D eigenvalue weighted by molar-refractivity contribution is 7.89. The van der Waals surface area contributed by atoms with Gasteiger partial charge in [0.1, 0.15) is 5.75 Å². The Bertz CT molecular complexity index is 610. The third kappa shape index (κ3) is 3.32. The molecule has 2 fully saturated rings. The second-order valence-electron chi connectivity index (χ2n) is 6.09. The quantitative estimate of drug-likeness (QED) is 0.755. The van der Waals surface area contributed by atoms with Crippen molar-refractivity contribution < 1.29 is 13.2 Å². The number of nitrogens with two attached hydrogens (primary N) is 1. The van der Waals surface area contributed by atoms with Crippen molar-refractivity contribution >= 4 is 15.7 Å². The van der Waals surface area contributed by atoms with Gasteiger partial charge < -0.3 is 10.5 Å². The predicted molar refractivity (Wildman–Crippen MR) is 81.5 cm³/mol. The Morgan fingerprint density at radius 3 is 2.38 bits per heavy atom. The molecule has 21 heavy (non-hydrogen) atoms. The molecule has 0 saturated heterocycles. The fraction of sp³-hybridized carbons (Fsp3) is 0.600. The van der Waals surface area contributed by atoms with Crippen LogP contribution in [0.1, 0.15) is 25.7 Å². The number of methoxy groups -OCH3 is 1. The molecule has 0 spiro atoms. The minimum absolute atomic E-state index is 0.200. The second-order valence-corrected chi connectivity index (χ2v) is 7.86. The van der Waals surface area contributed by atoms with E-state index in [4.69, 9.17) is 10.5 Å². The molecular weight excluding hydrogens is 288 g/mol. The highest BCUT2D eigenvalue weighted by Gasteiger charge is 2.41. The first-order chi connectivity index (χ1) is 10.0. The first-order valence-corrected chi connectivity index (χ1v) is 8.93. The van der Waals surface area contributed by atoms with Crippen LogP contribution in [0.15, 0.2) is 23.1 Å². The first kappa shape index (κ1) is 14.7. The Balaban J connectivity index is 1.69. The normalized spacial score (nSPS) is 19.0. The number of sulfonamides is 1. The molecule has 1 aromatic rings. The molecule has 5 nitrogen and oxygen atoms in total. The van der Waals surface area contributed by atoms with Gasteiger partial charge in [0.15, 0.2) is 0 Å². The van der Waals surface area contributed by atoms with Gasteiger partial charge in [0, 0.05) is 6.54 Å². The minimum Gasteiger partial charge on any atom is -0.495 e. The minimum atomic E-state index is -3.50. The van der Waals surface area contributed by atoms with Gasteiger partial charge in [0.25, 0.3) is 0 Å².